The van der Waals surface area contributed by atoms with Gasteiger partial charge in [-0.3, -0.25) is 9.59 Å². The molecular weight excluding hydrogens is 401 g/mol. The second kappa shape index (κ2) is 11.0. The van der Waals surface area contributed by atoms with Crippen LogP contribution >= 0.6 is 24.0 Å². The summed E-state index contributed by atoms with van der Waals surface area (Å²) in [6.07, 6.45) is 2.83. The summed E-state index contributed by atoms with van der Waals surface area (Å²) in [5, 5.41) is 6.66. The number of hydrogen-bond donors (Lipinski definition) is 2. The number of halogens is 2. The SMILES string of the molecule is CC(CC(=O)Nc1ccc(C(=O)N2CCOCC2)c(Cl)c1)C1CCCNC1.Cl. The maximum Gasteiger partial charge on any atom is 0.255 e. The van der Waals surface area contributed by atoms with E-state index in [0.717, 1.165) is 13.1 Å². The minimum atomic E-state index is -0.0976. The first kappa shape index (κ1) is 22.9. The lowest BCUT2D eigenvalue weighted by Gasteiger charge is -2.28. The molecule has 3 rings (SSSR count). The van der Waals surface area contributed by atoms with Crippen molar-refractivity contribution < 1.29 is 14.3 Å². The Morgan fingerprint density at radius 3 is 2.75 bits per heavy atom. The van der Waals surface area contributed by atoms with Crippen LogP contribution in [0.4, 0.5) is 5.69 Å². The molecule has 2 aliphatic heterocycles. The zero-order valence-corrected chi connectivity index (χ0v) is 17.8. The van der Waals surface area contributed by atoms with E-state index < -0.39 is 0 Å². The summed E-state index contributed by atoms with van der Waals surface area (Å²) in [6.45, 7) is 6.43. The fraction of sp³-hybridized carbons (Fsp3) is 0.600. The number of carbonyl (C=O) groups excluding carboxylic acids is 2. The average Bonchev–Trinajstić information content (AvgIpc) is 2.69. The maximum atomic E-state index is 12.6. The van der Waals surface area contributed by atoms with Crippen molar-refractivity contribution in [2.45, 2.75) is 26.2 Å². The first-order valence-electron chi connectivity index (χ1n) is 9.71. The predicted molar refractivity (Wildman–Crippen MR) is 113 cm³/mol. The lowest BCUT2D eigenvalue weighted by molar-refractivity contribution is -0.117. The van der Waals surface area contributed by atoms with Crippen LogP contribution in [0.25, 0.3) is 0 Å². The second-order valence-electron chi connectivity index (χ2n) is 7.44. The standard InChI is InChI=1S/C20H28ClN3O3.ClH/c1-14(15-3-2-6-22-13-15)11-19(25)23-16-4-5-17(18(21)12-16)20(26)24-7-9-27-10-8-24;/h4-5,12,14-15,22H,2-3,6-11,13H2,1H3,(H,23,25);1H. The fourth-order valence-electron chi connectivity index (χ4n) is 3.74. The molecule has 2 heterocycles. The van der Waals surface area contributed by atoms with E-state index in [2.05, 4.69) is 17.6 Å². The molecule has 0 saturated carbocycles. The summed E-state index contributed by atoms with van der Waals surface area (Å²) in [4.78, 5) is 26.7. The van der Waals surface area contributed by atoms with E-state index in [9.17, 15) is 9.59 Å². The van der Waals surface area contributed by atoms with Crippen molar-refractivity contribution in [1.29, 1.82) is 0 Å². The molecular formula is C20H29Cl2N3O3. The van der Waals surface area contributed by atoms with Crippen molar-refractivity contribution in [3.8, 4) is 0 Å². The Morgan fingerprint density at radius 2 is 2.11 bits per heavy atom. The van der Waals surface area contributed by atoms with Gasteiger partial charge < -0.3 is 20.3 Å². The number of piperidine rings is 1. The Balaban J connectivity index is 0.00000280. The summed E-state index contributed by atoms with van der Waals surface area (Å²) < 4.78 is 5.28. The lowest BCUT2D eigenvalue weighted by Crippen LogP contribution is -2.40. The van der Waals surface area contributed by atoms with Crippen LogP contribution in [0.15, 0.2) is 18.2 Å². The smallest absolute Gasteiger partial charge is 0.255 e. The van der Waals surface area contributed by atoms with Gasteiger partial charge in [-0.25, -0.2) is 0 Å². The Hall–Kier alpha value is -1.34. The summed E-state index contributed by atoms with van der Waals surface area (Å²) >= 11 is 6.32. The highest BCUT2D eigenvalue weighted by molar-refractivity contribution is 6.34. The Morgan fingerprint density at radius 1 is 1.36 bits per heavy atom. The number of morpholine rings is 1. The van der Waals surface area contributed by atoms with Crippen molar-refractivity contribution in [2.24, 2.45) is 11.8 Å². The van der Waals surface area contributed by atoms with Crippen molar-refractivity contribution in [2.75, 3.05) is 44.7 Å². The molecule has 0 aromatic heterocycles. The number of benzene rings is 1. The topological polar surface area (TPSA) is 70.7 Å². The molecule has 2 atom stereocenters. The molecule has 2 aliphatic rings. The first-order chi connectivity index (χ1) is 13.0. The predicted octanol–water partition coefficient (Wildman–Crippen LogP) is 3.20. The normalized spacial score (nSPS) is 20.8. The van der Waals surface area contributed by atoms with Crippen LogP contribution in [0.2, 0.25) is 5.02 Å². The van der Waals surface area contributed by atoms with Gasteiger partial charge in [-0.1, -0.05) is 18.5 Å². The summed E-state index contributed by atoms with van der Waals surface area (Å²) in [7, 11) is 0. The van der Waals surface area contributed by atoms with Gasteiger partial charge in [0.1, 0.15) is 0 Å². The van der Waals surface area contributed by atoms with Crippen LogP contribution in [0.1, 0.15) is 36.5 Å². The van der Waals surface area contributed by atoms with Crippen molar-refractivity contribution in [1.82, 2.24) is 10.2 Å². The fourth-order valence-corrected chi connectivity index (χ4v) is 4.00. The summed E-state index contributed by atoms with van der Waals surface area (Å²) in [6, 6.07) is 5.08. The molecule has 2 unspecified atom stereocenters. The summed E-state index contributed by atoms with van der Waals surface area (Å²) in [5.41, 5.74) is 1.08. The van der Waals surface area contributed by atoms with Crippen LogP contribution in [0.5, 0.6) is 0 Å². The number of nitrogens with one attached hydrogen (secondary N) is 2. The number of ether oxygens (including phenoxy) is 1. The van der Waals surface area contributed by atoms with Crippen LogP contribution in [0.3, 0.4) is 0 Å². The number of nitrogens with zero attached hydrogens (tertiary/aromatic N) is 1. The summed E-state index contributed by atoms with van der Waals surface area (Å²) in [5.74, 6) is 0.757. The maximum absolute atomic E-state index is 12.6. The third-order valence-corrected chi connectivity index (χ3v) is 5.74. The van der Waals surface area contributed by atoms with Gasteiger partial charge in [0.05, 0.1) is 23.8 Å². The molecule has 1 aromatic carbocycles. The number of carbonyl (C=O) groups is 2. The minimum Gasteiger partial charge on any atom is -0.378 e. The molecule has 0 spiro atoms. The van der Waals surface area contributed by atoms with Crippen molar-refractivity contribution >= 4 is 41.5 Å². The number of rotatable bonds is 5. The minimum absolute atomic E-state index is 0. The van der Waals surface area contributed by atoms with Gasteiger partial charge in [0, 0.05) is 25.2 Å². The van der Waals surface area contributed by atoms with Crippen molar-refractivity contribution in [3.63, 3.8) is 0 Å². The molecule has 0 aliphatic carbocycles. The van der Waals surface area contributed by atoms with Gasteiger partial charge in [-0.05, 0) is 56.0 Å². The molecule has 1 aromatic rings. The first-order valence-corrected chi connectivity index (χ1v) is 10.1. The average molecular weight is 430 g/mol. The molecule has 2 N–H and O–H groups in total. The quantitative estimate of drug-likeness (QED) is 0.753. The van der Waals surface area contributed by atoms with Gasteiger partial charge in [0.2, 0.25) is 5.91 Å². The highest BCUT2D eigenvalue weighted by Gasteiger charge is 2.23. The molecule has 2 saturated heterocycles. The largest absolute Gasteiger partial charge is 0.378 e. The zero-order valence-electron chi connectivity index (χ0n) is 16.2. The Kier molecular flexibility index (Phi) is 9.02. The lowest BCUT2D eigenvalue weighted by atomic mass is 9.85. The number of hydrogen-bond acceptors (Lipinski definition) is 4. The second-order valence-corrected chi connectivity index (χ2v) is 7.84. The van der Waals surface area contributed by atoms with E-state index in [-0.39, 0.29) is 24.2 Å². The highest BCUT2D eigenvalue weighted by atomic mass is 35.5. The van der Waals surface area contributed by atoms with Gasteiger partial charge in [0.15, 0.2) is 0 Å². The van der Waals surface area contributed by atoms with Crippen LogP contribution in [0, 0.1) is 11.8 Å². The van der Waals surface area contributed by atoms with Crippen molar-refractivity contribution in [3.05, 3.63) is 28.8 Å². The molecule has 0 radical (unpaired) electrons. The van der Waals surface area contributed by atoms with Gasteiger partial charge in [-0.2, -0.15) is 0 Å². The Bertz CT molecular complexity index is 675. The Labute approximate surface area is 177 Å². The molecule has 156 valence electrons. The van der Waals surface area contributed by atoms with E-state index in [1.807, 2.05) is 0 Å². The van der Waals surface area contributed by atoms with E-state index >= 15 is 0 Å². The molecule has 28 heavy (non-hydrogen) atoms. The van der Waals surface area contributed by atoms with E-state index in [4.69, 9.17) is 16.3 Å². The molecule has 6 nitrogen and oxygen atoms in total. The third-order valence-electron chi connectivity index (χ3n) is 5.43. The van der Waals surface area contributed by atoms with Crippen LogP contribution in [-0.4, -0.2) is 56.1 Å². The number of amides is 2. The molecule has 2 fully saturated rings. The van der Waals surface area contributed by atoms with Crippen LogP contribution in [-0.2, 0) is 9.53 Å². The van der Waals surface area contributed by atoms with E-state index in [0.29, 0.717) is 60.8 Å². The molecule has 2 amide bonds. The highest BCUT2D eigenvalue weighted by Crippen LogP contribution is 2.25. The third kappa shape index (κ3) is 6.08. The monoisotopic (exact) mass is 429 g/mol. The zero-order chi connectivity index (χ0) is 19.2. The van der Waals surface area contributed by atoms with Crippen LogP contribution < -0.4 is 10.6 Å². The molecule has 8 heteroatoms. The van der Waals surface area contributed by atoms with Gasteiger partial charge >= 0.3 is 0 Å². The van der Waals surface area contributed by atoms with E-state index in [1.165, 1.54) is 12.8 Å². The van der Waals surface area contributed by atoms with Gasteiger partial charge in [-0.15, -0.1) is 12.4 Å². The molecule has 0 bridgehead atoms. The van der Waals surface area contributed by atoms with Gasteiger partial charge in [0.25, 0.3) is 5.91 Å². The number of anilines is 1. The van der Waals surface area contributed by atoms with E-state index in [1.54, 1.807) is 23.1 Å².